The van der Waals surface area contributed by atoms with Gasteiger partial charge in [-0.1, -0.05) is 0 Å². The summed E-state index contributed by atoms with van der Waals surface area (Å²) in [6, 6.07) is 3.41. The molecule has 5 heteroatoms. The molecule has 1 aromatic rings. The Labute approximate surface area is 86.2 Å². The van der Waals surface area contributed by atoms with Crippen LogP contribution in [0.5, 0.6) is 11.5 Å². The minimum Gasteiger partial charge on any atom is -0.508 e. The number of ether oxygens (including phenoxy) is 2. The standard InChI is InChI=1S/C10H11FO4/c1-6(10(13)14-2)15-9-4-3-7(12)5-8(9)11/h3-6,12H,1-2H3. The van der Waals surface area contributed by atoms with Gasteiger partial charge in [-0.25, -0.2) is 9.18 Å². The number of halogens is 1. The predicted molar refractivity (Wildman–Crippen MR) is 50.2 cm³/mol. The van der Waals surface area contributed by atoms with E-state index in [0.29, 0.717) is 0 Å². The number of benzene rings is 1. The molecule has 0 aromatic heterocycles. The lowest BCUT2D eigenvalue weighted by Crippen LogP contribution is -2.25. The molecule has 0 aliphatic carbocycles. The first-order valence-corrected chi connectivity index (χ1v) is 4.27. The molecule has 0 aliphatic rings. The summed E-state index contributed by atoms with van der Waals surface area (Å²) in [4.78, 5) is 11.0. The average molecular weight is 214 g/mol. The number of carbonyl (C=O) groups excluding carboxylic acids is 1. The van der Waals surface area contributed by atoms with Gasteiger partial charge in [-0.05, 0) is 19.1 Å². The van der Waals surface area contributed by atoms with Crippen molar-refractivity contribution in [3.63, 3.8) is 0 Å². The Bertz CT molecular complexity index is 364. The first kappa shape index (κ1) is 11.3. The minimum absolute atomic E-state index is 0.106. The van der Waals surface area contributed by atoms with E-state index in [1.165, 1.54) is 26.2 Å². The fourth-order valence-corrected chi connectivity index (χ4v) is 0.990. The van der Waals surface area contributed by atoms with Crippen LogP contribution in [-0.2, 0) is 9.53 Å². The van der Waals surface area contributed by atoms with E-state index >= 15 is 0 Å². The Morgan fingerprint density at radius 3 is 2.73 bits per heavy atom. The third-order valence-corrected chi connectivity index (χ3v) is 1.75. The Hall–Kier alpha value is -1.78. The molecule has 1 atom stereocenters. The molecule has 1 aromatic carbocycles. The van der Waals surface area contributed by atoms with Crippen LogP contribution in [0.15, 0.2) is 18.2 Å². The molecule has 82 valence electrons. The number of esters is 1. The maximum Gasteiger partial charge on any atom is 0.346 e. The summed E-state index contributed by atoms with van der Waals surface area (Å²) >= 11 is 0. The van der Waals surface area contributed by atoms with Crippen LogP contribution in [0.4, 0.5) is 4.39 Å². The number of rotatable bonds is 3. The monoisotopic (exact) mass is 214 g/mol. The van der Waals surface area contributed by atoms with Crippen molar-refractivity contribution in [1.82, 2.24) is 0 Å². The van der Waals surface area contributed by atoms with Gasteiger partial charge in [0.2, 0.25) is 0 Å². The normalized spacial score (nSPS) is 11.9. The SMILES string of the molecule is COC(=O)C(C)Oc1ccc(O)cc1F. The Balaban J connectivity index is 2.76. The fraction of sp³-hybridized carbons (Fsp3) is 0.300. The van der Waals surface area contributed by atoms with E-state index in [2.05, 4.69) is 4.74 Å². The topological polar surface area (TPSA) is 55.8 Å². The van der Waals surface area contributed by atoms with Crippen molar-refractivity contribution < 1.29 is 23.8 Å². The lowest BCUT2D eigenvalue weighted by Gasteiger charge is -2.12. The second-order valence-electron chi connectivity index (χ2n) is 2.90. The average Bonchev–Trinajstić information content (AvgIpc) is 2.20. The molecule has 1 N–H and O–H groups in total. The van der Waals surface area contributed by atoms with Gasteiger partial charge in [-0.3, -0.25) is 0 Å². The number of phenolic OH excluding ortho intramolecular Hbond substituents is 1. The molecule has 1 unspecified atom stereocenters. The maximum atomic E-state index is 13.1. The van der Waals surface area contributed by atoms with Crippen LogP contribution in [0, 0.1) is 5.82 Å². The van der Waals surface area contributed by atoms with Gasteiger partial charge in [-0.2, -0.15) is 0 Å². The summed E-state index contributed by atoms with van der Waals surface area (Å²) in [5.41, 5.74) is 0. The van der Waals surface area contributed by atoms with Crippen LogP contribution in [0.2, 0.25) is 0 Å². The van der Waals surface area contributed by atoms with Gasteiger partial charge in [0, 0.05) is 6.07 Å². The van der Waals surface area contributed by atoms with E-state index in [9.17, 15) is 9.18 Å². The summed E-state index contributed by atoms with van der Waals surface area (Å²) in [5, 5.41) is 8.94. The predicted octanol–water partition coefficient (Wildman–Crippen LogP) is 1.47. The Morgan fingerprint density at radius 2 is 2.20 bits per heavy atom. The van der Waals surface area contributed by atoms with Crippen LogP contribution in [0.1, 0.15) is 6.92 Å². The third kappa shape index (κ3) is 2.83. The summed E-state index contributed by atoms with van der Waals surface area (Å²) in [6.45, 7) is 1.44. The van der Waals surface area contributed by atoms with Crippen LogP contribution < -0.4 is 4.74 Å². The van der Waals surface area contributed by atoms with Crippen LogP contribution in [0.3, 0.4) is 0 Å². The van der Waals surface area contributed by atoms with E-state index in [1.807, 2.05) is 0 Å². The number of carbonyl (C=O) groups is 1. The largest absolute Gasteiger partial charge is 0.508 e. The van der Waals surface area contributed by atoms with E-state index in [4.69, 9.17) is 9.84 Å². The first-order valence-electron chi connectivity index (χ1n) is 4.27. The van der Waals surface area contributed by atoms with Gasteiger partial charge in [0.25, 0.3) is 0 Å². The Kier molecular flexibility index (Phi) is 3.49. The molecule has 0 bridgehead atoms. The molecule has 0 radical (unpaired) electrons. The van der Waals surface area contributed by atoms with E-state index in [1.54, 1.807) is 0 Å². The number of aromatic hydroxyl groups is 1. The molecule has 0 amide bonds. The highest BCUT2D eigenvalue weighted by Crippen LogP contribution is 2.22. The van der Waals surface area contributed by atoms with Crippen LogP contribution >= 0.6 is 0 Å². The molecule has 1 rings (SSSR count). The number of phenols is 1. The zero-order valence-electron chi connectivity index (χ0n) is 8.36. The van der Waals surface area contributed by atoms with Gasteiger partial charge in [0.15, 0.2) is 17.7 Å². The van der Waals surface area contributed by atoms with E-state index < -0.39 is 17.9 Å². The molecule has 0 saturated heterocycles. The van der Waals surface area contributed by atoms with Crippen molar-refractivity contribution in [3.8, 4) is 11.5 Å². The van der Waals surface area contributed by atoms with Crippen molar-refractivity contribution in [2.75, 3.05) is 7.11 Å². The number of methoxy groups -OCH3 is 1. The summed E-state index contributed by atoms with van der Waals surface area (Å²) in [6.07, 6.45) is -0.894. The highest BCUT2D eigenvalue weighted by atomic mass is 19.1. The zero-order valence-corrected chi connectivity index (χ0v) is 8.36. The van der Waals surface area contributed by atoms with Crippen molar-refractivity contribution in [2.24, 2.45) is 0 Å². The second kappa shape index (κ2) is 4.63. The molecule has 0 spiro atoms. The molecule has 0 heterocycles. The van der Waals surface area contributed by atoms with E-state index in [-0.39, 0.29) is 11.5 Å². The molecular weight excluding hydrogens is 203 g/mol. The molecule has 4 nitrogen and oxygen atoms in total. The van der Waals surface area contributed by atoms with Gasteiger partial charge >= 0.3 is 5.97 Å². The first-order chi connectivity index (χ1) is 7.04. The molecule has 0 fully saturated rings. The van der Waals surface area contributed by atoms with Crippen LogP contribution in [-0.4, -0.2) is 24.3 Å². The molecule has 0 aliphatic heterocycles. The fourth-order valence-electron chi connectivity index (χ4n) is 0.990. The molecule has 15 heavy (non-hydrogen) atoms. The number of hydrogen-bond acceptors (Lipinski definition) is 4. The number of hydrogen-bond donors (Lipinski definition) is 1. The van der Waals surface area contributed by atoms with Gasteiger partial charge in [0.05, 0.1) is 7.11 Å². The quantitative estimate of drug-likeness (QED) is 0.774. The minimum atomic E-state index is -0.894. The highest BCUT2D eigenvalue weighted by molar-refractivity contribution is 5.74. The smallest absolute Gasteiger partial charge is 0.346 e. The van der Waals surface area contributed by atoms with Crippen molar-refractivity contribution in [3.05, 3.63) is 24.0 Å². The second-order valence-corrected chi connectivity index (χ2v) is 2.90. The van der Waals surface area contributed by atoms with E-state index in [0.717, 1.165) is 6.07 Å². The van der Waals surface area contributed by atoms with Crippen molar-refractivity contribution in [1.29, 1.82) is 0 Å². The van der Waals surface area contributed by atoms with Crippen LogP contribution in [0.25, 0.3) is 0 Å². The van der Waals surface area contributed by atoms with Crippen molar-refractivity contribution >= 4 is 5.97 Å². The zero-order chi connectivity index (χ0) is 11.4. The summed E-state index contributed by atoms with van der Waals surface area (Å²) < 4.78 is 22.5. The molecule has 0 saturated carbocycles. The summed E-state index contributed by atoms with van der Waals surface area (Å²) in [5.74, 6) is -1.63. The third-order valence-electron chi connectivity index (χ3n) is 1.75. The summed E-state index contributed by atoms with van der Waals surface area (Å²) in [7, 11) is 1.22. The van der Waals surface area contributed by atoms with Crippen molar-refractivity contribution in [2.45, 2.75) is 13.0 Å². The lowest BCUT2D eigenvalue weighted by atomic mass is 10.3. The van der Waals surface area contributed by atoms with Gasteiger partial charge in [-0.15, -0.1) is 0 Å². The maximum absolute atomic E-state index is 13.1. The highest BCUT2D eigenvalue weighted by Gasteiger charge is 2.16. The van der Waals surface area contributed by atoms with Gasteiger partial charge in [0.1, 0.15) is 5.75 Å². The Morgan fingerprint density at radius 1 is 1.53 bits per heavy atom. The lowest BCUT2D eigenvalue weighted by molar-refractivity contribution is -0.148. The molecular formula is C10H11FO4. The van der Waals surface area contributed by atoms with Gasteiger partial charge < -0.3 is 14.6 Å².